The first-order valence-corrected chi connectivity index (χ1v) is 8.76. The normalized spacial score (nSPS) is 16.5. The highest BCUT2D eigenvalue weighted by molar-refractivity contribution is 7.80. The van der Waals surface area contributed by atoms with Crippen LogP contribution in [0.25, 0.3) is 0 Å². The van der Waals surface area contributed by atoms with Crippen LogP contribution in [0.3, 0.4) is 0 Å². The Hall–Kier alpha value is -1.40. The molecule has 0 aliphatic heterocycles. The summed E-state index contributed by atoms with van der Waals surface area (Å²) in [6.07, 6.45) is 4.84. The fourth-order valence-electron chi connectivity index (χ4n) is 2.58. The number of fused-ring (bicyclic) bond motifs is 1. The molecular weight excluding hydrogens is 316 g/mol. The van der Waals surface area contributed by atoms with Gasteiger partial charge < -0.3 is 15.4 Å². The van der Waals surface area contributed by atoms with Gasteiger partial charge in [0.2, 0.25) is 0 Å². The van der Waals surface area contributed by atoms with Gasteiger partial charge in [-0.1, -0.05) is 13.0 Å². The molecule has 1 aliphatic rings. The second kappa shape index (κ2) is 7.74. The Morgan fingerprint density at radius 1 is 1.59 bits per heavy atom. The van der Waals surface area contributed by atoms with Gasteiger partial charge in [-0.25, -0.2) is 4.79 Å². The SMILES string of the molecule is C=CCNC(=S)Nc1sc2c(c1C(=O)OCC)CC(C)CC2. The molecule has 0 spiro atoms. The van der Waals surface area contributed by atoms with Crippen LogP contribution >= 0.6 is 23.6 Å². The molecule has 0 amide bonds. The van der Waals surface area contributed by atoms with Gasteiger partial charge in [-0.05, 0) is 49.9 Å². The van der Waals surface area contributed by atoms with E-state index in [-0.39, 0.29) is 5.97 Å². The van der Waals surface area contributed by atoms with Gasteiger partial charge in [-0.15, -0.1) is 17.9 Å². The van der Waals surface area contributed by atoms with Crippen molar-refractivity contribution in [2.24, 2.45) is 5.92 Å². The van der Waals surface area contributed by atoms with Crippen LogP contribution in [-0.4, -0.2) is 24.2 Å². The molecule has 1 aromatic rings. The fraction of sp³-hybridized carbons (Fsp3) is 0.500. The van der Waals surface area contributed by atoms with Crippen LogP contribution < -0.4 is 10.6 Å². The molecular formula is C16H22N2O2S2. The number of rotatable bonds is 5. The summed E-state index contributed by atoms with van der Waals surface area (Å²) in [5.41, 5.74) is 1.80. The topological polar surface area (TPSA) is 50.4 Å². The monoisotopic (exact) mass is 338 g/mol. The van der Waals surface area contributed by atoms with Crippen LogP contribution in [0.15, 0.2) is 12.7 Å². The van der Waals surface area contributed by atoms with Crippen molar-refractivity contribution < 1.29 is 9.53 Å². The lowest BCUT2D eigenvalue weighted by Crippen LogP contribution is -2.28. The highest BCUT2D eigenvalue weighted by Crippen LogP contribution is 2.40. The van der Waals surface area contributed by atoms with Crippen LogP contribution in [0.4, 0.5) is 5.00 Å². The zero-order valence-electron chi connectivity index (χ0n) is 13.0. The third-order valence-corrected chi connectivity index (χ3v) is 5.07. The lowest BCUT2D eigenvalue weighted by Gasteiger charge is -2.18. The number of hydrogen-bond donors (Lipinski definition) is 2. The van der Waals surface area contributed by atoms with E-state index < -0.39 is 0 Å². The summed E-state index contributed by atoms with van der Waals surface area (Å²) in [4.78, 5) is 13.6. The molecule has 1 aliphatic carbocycles. The number of hydrogen-bond acceptors (Lipinski definition) is 4. The third kappa shape index (κ3) is 3.87. The third-order valence-electron chi connectivity index (χ3n) is 3.62. The minimum Gasteiger partial charge on any atom is -0.462 e. The molecule has 1 heterocycles. The van der Waals surface area contributed by atoms with E-state index in [2.05, 4.69) is 24.1 Å². The lowest BCUT2D eigenvalue weighted by atomic mass is 9.88. The molecule has 0 fully saturated rings. The van der Waals surface area contributed by atoms with Crippen LogP contribution in [0.2, 0.25) is 0 Å². The first-order valence-electron chi connectivity index (χ1n) is 7.54. The van der Waals surface area contributed by atoms with Crippen LogP contribution in [0.1, 0.15) is 41.1 Å². The molecule has 0 radical (unpaired) electrons. The molecule has 2 N–H and O–H groups in total. The Morgan fingerprint density at radius 2 is 2.36 bits per heavy atom. The highest BCUT2D eigenvalue weighted by Gasteiger charge is 2.28. The van der Waals surface area contributed by atoms with E-state index in [1.54, 1.807) is 17.4 Å². The van der Waals surface area contributed by atoms with Crippen molar-refractivity contribution in [3.05, 3.63) is 28.7 Å². The summed E-state index contributed by atoms with van der Waals surface area (Å²) in [5.74, 6) is 0.331. The number of esters is 1. The Labute approximate surface area is 140 Å². The second-order valence-electron chi connectivity index (χ2n) is 5.40. The first kappa shape index (κ1) is 17.0. The van der Waals surface area contributed by atoms with Gasteiger partial charge in [-0.2, -0.15) is 0 Å². The summed E-state index contributed by atoms with van der Waals surface area (Å²) in [5, 5.41) is 7.46. The molecule has 0 aromatic carbocycles. The predicted molar refractivity (Wildman–Crippen MR) is 95.9 cm³/mol. The molecule has 4 nitrogen and oxygen atoms in total. The zero-order valence-corrected chi connectivity index (χ0v) is 14.7. The number of ether oxygens (including phenoxy) is 1. The van der Waals surface area contributed by atoms with E-state index in [1.807, 2.05) is 6.92 Å². The van der Waals surface area contributed by atoms with Gasteiger partial charge in [0.1, 0.15) is 5.00 Å². The van der Waals surface area contributed by atoms with Crippen molar-refractivity contribution in [1.29, 1.82) is 0 Å². The number of anilines is 1. The molecule has 120 valence electrons. The number of carbonyl (C=O) groups excluding carboxylic acids is 1. The Kier molecular flexibility index (Phi) is 5.97. The van der Waals surface area contributed by atoms with E-state index in [0.29, 0.717) is 29.7 Å². The van der Waals surface area contributed by atoms with Crippen molar-refractivity contribution in [3.8, 4) is 0 Å². The van der Waals surface area contributed by atoms with Gasteiger partial charge in [0.05, 0.1) is 12.2 Å². The van der Waals surface area contributed by atoms with E-state index >= 15 is 0 Å². The maximum absolute atomic E-state index is 12.4. The van der Waals surface area contributed by atoms with Crippen molar-refractivity contribution in [2.75, 3.05) is 18.5 Å². The van der Waals surface area contributed by atoms with E-state index in [9.17, 15) is 4.79 Å². The summed E-state index contributed by atoms with van der Waals surface area (Å²) >= 11 is 6.88. The van der Waals surface area contributed by atoms with Crippen LogP contribution in [0.5, 0.6) is 0 Å². The average Bonchev–Trinajstić information content (AvgIpc) is 2.82. The zero-order chi connectivity index (χ0) is 16.1. The maximum atomic E-state index is 12.4. The van der Waals surface area contributed by atoms with E-state index in [4.69, 9.17) is 17.0 Å². The molecule has 0 saturated heterocycles. The predicted octanol–water partition coefficient (Wildman–Crippen LogP) is 3.52. The van der Waals surface area contributed by atoms with Gasteiger partial charge >= 0.3 is 5.97 Å². The van der Waals surface area contributed by atoms with Gasteiger partial charge in [-0.3, -0.25) is 0 Å². The minimum atomic E-state index is -0.261. The van der Waals surface area contributed by atoms with Gasteiger partial charge in [0.25, 0.3) is 0 Å². The second-order valence-corrected chi connectivity index (χ2v) is 6.91. The molecule has 1 aromatic heterocycles. The quantitative estimate of drug-likeness (QED) is 0.489. The minimum absolute atomic E-state index is 0.261. The Morgan fingerprint density at radius 3 is 3.05 bits per heavy atom. The standard InChI is InChI=1S/C16H22N2O2S2/c1-4-8-17-16(21)18-14-13(15(19)20-5-2)11-9-10(3)6-7-12(11)22-14/h4,10H,1,5-9H2,2-3H3,(H2,17,18,21). The van der Waals surface area contributed by atoms with Gasteiger partial charge in [0, 0.05) is 11.4 Å². The lowest BCUT2D eigenvalue weighted by molar-refractivity contribution is 0.0526. The largest absolute Gasteiger partial charge is 0.462 e. The number of nitrogens with one attached hydrogen (secondary N) is 2. The number of aryl methyl sites for hydroxylation is 1. The maximum Gasteiger partial charge on any atom is 0.341 e. The summed E-state index contributed by atoms with van der Waals surface area (Å²) in [6.45, 7) is 8.65. The number of thiophene rings is 1. The fourth-order valence-corrected chi connectivity index (χ4v) is 4.06. The Bertz CT molecular complexity index is 581. The molecule has 1 unspecified atom stereocenters. The van der Waals surface area contributed by atoms with Crippen molar-refractivity contribution in [3.63, 3.8) is 0 Å². The summed E-state index contributed by atoms with van der Waals surface area (Å²) in [6, 6.07) is 0. The van der Waals surface area contributed by atoms with E-state index in [1.165, 1.54) is 4.88 Å². The molecule has 1 atom stereocenters. The molecule has 6 heteroatoms. The van der Waals surface area contributed by atoms with Crippen LogP contribution in [-0.2, 0) is 17.6 Å². The number of carbonyl (C=O) groups is 1. The molecule has 2 rings (SSSR count). The molecule has 0 bridgehead atoms. The first-order chi connectivity index (χ1) is 10.6. The highest BCUT2D eigenvalue weighted by atomic mass is 32.1. The Balaban J connectivity index is 2.29. The van der Waals surface area contributed by atoms with Crippen molar-refractivity contribution in [2.45, 2.75) is 33.1 Å². The number of thiocarbonyl (C=S) groups is 1. The van der Waals surface area contributed by atoms with Crippen LogP contribution in [0, 0.1) is 5.92 Å². The summed E-state index contributed by atoms with van der Waals surface area (Å²) < 4.78 is 5.24. The smallest absolute Gasteiger partial charge is 0.341 e. The van der Waals surface area contributed by atoms with Crippen molar-refractivity contribution >= 4 is 39.6 Å². The van der Waals surface area contributed by atoms with Crippen molar-refractivity contribution in [1.82, 2.24) is 5.32 Å². The molecule has 22 heavy (non-hydrogen) atoms. The van der Waals surface area contributed by atoms with Gasteiger partial charge in [0.15, 0.2) is 5.11 Å². The summed E-state index contributed by atoms with van der Waals surface area (Å²) in [7, 11) is 0. The molecule has 0 saturated carbocycles. The average molecular weight is 338 g/mol. The van der Waals surface area contributed by atoms with E-state index in [0.717, 1.165) is 29.8 Å².